The predicted octanol–water partition coefficient (Wildman–Crippen LogP) is -0.742. The van der Waals surface area contributed by atoms with Crippen molar-refractivity contribution in [2.45, 2.75) is 13.8 Å². The highest BCUT2D eigenvalue weighted by atomic mass is 32.2. The number of rotatable bonds is 5. The highest BCUT2D eigenvalue weighted by Crippen LogP contribution is 2.12. The maximum Gasteiger partial charge on any atom is 0.310 e. The van der Waals surface area contributed by atoms with Crippen molar-refractivity contribution < 1.29 is 23.1 Å². The zero-order valence-corrected chi connectivity index (χ0v) is 9.72. The number of carboxylic acid groups (broad SMARTS) is 1. The Morgan fingerprint density at radius 2 is 1.80 bits per heavy atom. The van der Waals surface area contributed by atoms with Crippen molar-refractivity contribution in [2.24, 2.45) is 5.41 Å². The van der Waals surface area contributed by atoms with Crippen LogP contribution in [0.4, 0.5) is 0 Å². The largest absolute Gasteiger partial charge is 0.481 e. The summed E-state index contributed by atoms with van der Waals surface area (Å²) in [6.45, 7) is 2.78. The van der Waals surface area contributed by atoms with Gasteiger partial charge in [0.1, 0.15) is 5.75 Å². The number of hydrogen-bond acceptors (Lipinski definition) is 4. The fourth-order valence-electron chi connectivity index (χ4n) is 0.684. The normalized spacial score (nSPS) is 12.2. The summed E-state index contributed by atoms with van der Waals surface area (Å²) >= 11 is 0. The lowest BCUT2D eigenvalue weighted by molar-refractivity contribution is -0.146. The van der Waals surface area contributed by atoms with Crippen LogP contribution in [-0.2, 0) is 19.4 Å². The molecule has 0 spiro atoms. The minimum atomic E-state index is -3.37. The summed E-state index contributed by atoms with van der Waals surface area (Å²) in [4.78, 5) is 21.7. The number of amides is 1. The lowest BCUT2D eigenvalue weighted by atomic mass is 9.94. The van der Waals surface area contributed by atoms with Crippen LogP contribution in [0.15, 0.2) is 0 Å². The average molecular weight is 237 g/mol. The van der Waals surface area contributed by atoms with E-state index in [4.69, 9.17) is 5.11 Å². The van der Waals surface area contributed by atoms with Gasteiger partial charge in [0.05, 0.1) is 5.41 Å². The molecule has 0 aliphatic rings. The number of carbonyl (C=O) groups excluding carboxylic acids is 1. The Bertz CT molecular complexity index is 357. The van der Waals surface area contributed by atoms with Crippen LogP contribution in [-0.4, -0.2) is 44.0 Å². The van der Waals surface area contributed by atoms with Crippen molar-refractivity contribution in [1.29, 1.82) is 0 Å². The van der Waals surface area contributed by atoms with Crippen LogP contribution in [0, 0.1) is 5.41 Å². The third-order valence-electron chi connectivity index (χ3n) is 1.70. The minimum Gasteiger partial charge on any atom is -0.481 e. The van der Waals surface area contributed by atoms with Gasteiger partial charge in [0, 0.05) is 12.8 Å². The molecular weight excluding hydrogens is 222 g/mol. The molecule has 0 atom stereocenters. The first-order valence-electron chi connectivity index (χ1n) is 4.22. The molecule has 0 rings (SSSR count). The predicted molar refractivity (Wildman–Crippen MR) is 54.1 cm³/mol. The summed E-state index contributed by atoms with van der Waals surface area (Å²) in [6.07, 6.45) is 0.939. The molecule has 0 unspecified atom stereocenters. The Labute approximate surface area is 88.6 Å². The van der Waals surface area contributed by atoms with E-state index in [1.807, 2.05) is 0 Å². The fourth-order valence-corrected chi connectivity index (χ4v) is 1.26. The molecule has 0 aliphatic carbocycles. The second kappa shape index (κ2) is 4.61. The zero-order chi connectivity index (χ0) is 12.3. The molecule has 7 heteroatoms. The summed E-state index contributed by atoms with van der Waals surface area (Å²) < 4.78 is 21.4. The van der Waals surface area contributed by atoms with Gasteiger partial charge in [0.15, 0.2) is 9.84 Å². The Balaban J connectivity index is 4.19. The molecule has 0 bridgehead atoms. The number of aliphatic carboxylic acids is 1. The van der Waals surface area contributed by atoms with Crippen molar-refractivity contribution >= 4 is 21.7 Å². The highest BCUT2D eigenvalue weighted by molar-refractivity contribution is 7.91. The molecule has 6 nitrogen and oxygen atoms in total. The van der Waals surface area contributed by atoms with E-state index in [9.17, 15) is 18.0 Å². The molecule has 0 saturated heterocycles. The van der Waals surface area contributed by atoms with E-state index in [1.165, 1.54) is 13.8 Å². The topological polar surface area (TPSA) is 101 Å². The van der Waals surface area contributed by atoms with Crippen LogP contribution in [0.5, 0.6) is 0 Å². The summed E-state index contributed by atoms with van der Waals surface area (Å²) in [5.41, 5.74) is -1.10. The van der Waals surface area contributed by atoms with Gasteiger partial charge in [0.25, 0.3) is 0 Å². The Morgan fingerprint density at radius 1 is 1.33 bits per heavy atom. The first-order valence-corrected chi connectivity index (χ1v) is 6.28. The SMILES string of the molecule is CC(C)(CNC(=O)CS(C)(=O)=O)C(=O)O. The van der Waals surface area contributed by atoms with Gasteiger partial charge in [-0.2, -0.15) is 0 Å². The van der Waals surface area contributed by atoms with E-state index in [1.54, 1.807) is 0 Å². The zero-order valence-electron chi connectivity index (χ0n) is 8.90. The molecular formula is C8H15NO5S. The van der Waals surface area contributed by atoms with Gasteiger partial charge in [-0.15, -0.1) is 0 Å². The standard InChI is InChI=1S/C8H15NO5S/c1-8(2,7(11)12)5-9-6(10)4-15(3,13)14/h4-5H2,1-3H3,(H,9,10)(H,11,12). The van der Waals surface area contributed by atoms with Gasteiger partial charge in [-0.05, 0) is 13.8 Å². The average Bonchev–Trinajstić information content (AvgIpc) is 1.97. The third kappa shape index (κ3) is 6.05. The van der Waals surface area contributed by atoms with Crippen molar-refractivity contribution in [3.63, 3.8) is 0 Å². The summed E-state index contributed by atoms with van der Waals surface area (Å²) in [5.74, 6) is -2.36. The molecule has 0 radical (unpaired) electrons. The molecule has 0 aromatic heterocycles. The van der Waals surface area contributed by atoms with Crippen LogP contribution >= 0.6 is 0 Å². The minimum absolute atomic E-state index is 0.101. The Hall–Kier alpha value is -1.11. The van der Waals surface area contributed by atoms with E-state index in [2.05, 4.69) is 5.32 Å². The maximum absolute atomic E-state index is 11.0. The molecule has 0 heterocycles. The fraction of sp³-hybridized carbons (Fsp3) is 0.750. The van der Waals surface area contributed by atoms with Gasteiger partial charge < -0.3 is 10.4 Å². The molecule has 0 saturated carbocycles. The van der Waals surface area contributed by atoms with Crippen LogP contribution in [0.3, 0.4) is 0 Å². The van der Waals surface area contributed by atoms with E-state index in [0.29, 0.717) is 0 Å². The highest BCUT2D eigenvalue weighted by Gasteiger charge is 2.27. The number of sulfone groups is 1. The van der Waals surface area contributed by atoms with Crippen LogP contribution in [0.25, 0.3) is 0 Å². The second-order valence-electron chi connectivity index (χ2n) is 4.04. The summed E-state index contributed by atoms with van der Waals surface area (Å²) in [6, 6.07) is 0. The first kappa shape index (κ1) is 13.9. The smallest absolute Gasteiger partial charge is 0.310 e. The van der Waals surface area contributed by atoms with E-state index < -0.39 is 32.9 Å². The molecule has 0 aromatic carbocycles. The van der Waals surface area contributed by atoms with Gasteiger partial charge in [-0.25, -0.2) is 8.42 Å². The Kier molecular flexibility index (Phi) is 4.27. The molecule has 88 valence electrons. The van der Waals surface area contributed by atoms with Crippen molar-refractivity contribution in [3.8, 4) is 0 Å². The molecule has 2 N–H and O–H groups in total. The van der Waals surface area contributed by atoms with Gasteiger partial charge in [-0.1, -0.05) is 0 Å². The molecule has 15 heavy (non-hydrogen) atoms. The summed E-state index contributed by atoms with van der Waals surface area (Å²) in [7, 11) is -3.37. The van der Waals surface area contributed by atoms with Crippen molar-refractivity contribution in [2.75, 3.05) is 18.6 Å². The second-order valence-corrected chi connectivity index (χ2v) is 6.18. The number of nitrogens with one attached hydrogen (secondary N) is 1. The van der Waals surface area contributed by atoms with E-state index >= 15 is 0 Å². The molecule has 0 aliphatic heterocycles. The van der Waals surface area contributed by atoms with E-state index in [0.717, 1.165) is 6.26 Å². The van der Waals surface area contributed by atoms with E-state index in [-0.39, 0.29) is 6.54 Å². The number of carboxylic acids is 1. The number of carbonyl (C=O) groups is 2. The van der Waals surface area contributed by atoms with Gasteiger partial charge in [0.2, 0.25) is 5.91 Å². The lowest BCUT2D eigenvalue weighted by Crippen LogP contribution is -2.40. The monoisotopic (exact) mass is 237 g/mol. The van der Waals surface area contributed by atoms with Crippen molar-refractivity contribution in [3.05, 3.63) is 0 Å². The third-order valence-corrected chi connectivity index (χ3v) is 2.49. The Morgan fingerprint density at radius 3 is 2.13 bits per heavy atom. The number of hydrogen-bond donors (Lipinski definition) is 2. The molecule has 1 amide bonds. The maximum atomic E-state index is 11.0. The van der Waals surface area contributed by atoms with Gasteiger partial charge in [-0.3, -0.25) is 9.59 Å². The quantitative estimate of drug-likeness (QED) is 0.655. The molecule has 0 aromatic rings. The van der Waals surface area contributed by atoms with Crippen molar-refractivity contribution in [1.82, 2.24) is 5.32 Å². The molecule has 0 fully saturated rings. The van der Waals surface area contributed by atoms with Crippen LogP contribution in [0.2, 0.25) is 0 Å². The van der Waals surface area contributed by atoms with Crippen LogP contribution < -0.4 is 5.32 Å². The lowest BCUT2D eigenvalue weighted by Gasteiger charge is -2.19. The van der Waals surface area contributed by atoms with Gasteiger partial charge >= 0.3 is 5.97 Å². The first-order chi connectivity index (χ1) is 6.54. The van der Waals surface area contributed by atoms with Crippen LogP contribution in [0.1, 0.15) is 13.8 Å². The summed E-state index contributed by atoms with van der Waals surface area (Å²) in [5, 5.41) is 11.0.